The van der Waals surface area contributed by atoms with Crippen molar-refractivity contribution in [2.24, 2.45) is 0 Å². The monoisotopic (exact) mass is 987 g/mol. The van der Waals surface area contributed by atoms with E-state index in [0.717, 1.165) is 35.3 Å². The maximum atomic E-state index is 13.7. The highest BCUT2D eigenvalue weighted by Crippen LogP contribution is 2.35. The van der Waals surface area contributed by atoms with Gasteiger partial charge in [-0.2, -0.15) is 26.8 Å². The van der Waals surface area contributed by atoms with E-state index in [9.17, 15) is 19.2 Å². The van der Waals surface area contributed by atoms with E-state index in [4.69, 9.17) is 35.5 Å². The quantitative estimate of drug-likeness (QED) is 0.0630. The number of aromatic nitrogens is 8. The predicted octanol–water partition coefficient (Wildman–Crippen LogP) is 5.45. The van der Waals surface area contributed by atoms with Gasteiger partial charge in [-0.1, -0.05) is 42.5 Å². The normalized spacial score (nSPS) is 14.3. The van der Waals surface area contributed by atoms with Crippen molar-refractivity contribution < 1.29 is 33.3 Å². The molecule has 3 amide bonds. The number of hydrogen-bond donors (Lipinski definition) is 5. The van der Waals surface area contributed by atoms with Crippen molar-refractivity contribution in [3.05, 3.63) is 107 Å². The number of ether oxygens (including phenoxy) is 4. The van der Waals surface area contributed by atoms with E-state index in [0.29, 0.717) is 64.9 Å². The van der Waals surface area contributed by atoms with Gasteiger partial charge < -0.3 is 50.9 Å². The Labute approximate surface area is 413 Å². The van der Waals surface area contributed by atoms with Gasteiger partial charge in [0.2, 0.25) is 11.8 Å². The molecule has 0 saturated carbocycles. The molecular formula is C49H57N13O8S. The summed E-state index contributed by atoms with van der Waals surface area (Å²) in [6, 6.07) is 23.4. The average molecular weight is 988 g/mol. The summed E-state index contributed by atoms with van der Waals surface area (Å²) in [4.78, 5) is 75.1. The lowest BCUT2D eigenvalue weighted by Crippen LogP contribution is -2.49. The number of piperidine rings is 1. The number of H-pyrrole nitrogens is 1. The molecule has 3 aromatic carbocycles. The number of rotatable bonds is 19. The third-order valence-electron chi connectivity index (χ3n) is 11.5. The van der Waals surface area contributed by atoms with Crippen molar-refractivity contribution in [1.82, 2.24) is 54.8 Å². The van der Waals surface area contributed by atoms with Gasteiger partial charge in [-0.05, 0) is 81.1 Å². The summed E-state index contributed by atoms with van der Waals surface area (Å²) in [7, 11) is 1.55. The van der Waals surface area contributed by atoms with Crippen molar-refractivity contribution in [3.63, 3.8) is 0 Å². The highest BCUT2D eigenvalue weighted by molar-refractivity contribution is 7.99. The molecule has 1 aliphatic heterocycles. The fourth-order valence-corrected chi connectivity index (χ4v) is 8.96. The van der Waals surface area contributed by atoms with Gasteiger partial charge in [0, 0.05) is 50.2 Å². The molecule has 372 valence electrons. The van der Waals surface area contributed by atoms with Crippen molar-refractivity contribution in [3.8, 4) is 28.8 Å². The molecule has 21 nitrogen and oxygen atoms in total. The Kier molecular flexibility index (Phi) is 15.6. The SMILES string of the molecule is COCCOc1nc(N)c2[nH]c(=O)n(Cc3ccc(CNC(=O)C(CSCCC(=O)N4CCCC(n5nc(-c6ccc(Oc7ccccc7)cc6)c6c(N)ncnc65)C4)NC(=O)OC(C)(C)C)cc3)c2n1. The number of nitrogens with two attached hydrogens (primary N) is 2. The van der Waals surface area contributed by atoms with Crippen molar-refractivity contribution in [1.29, 1.82) is 0 Å². The van der Waals surface area contributed by atoms with E-state index in [1.807, 2.05) is 88.4 Å². The number of carbonyl (C=O) groups excluding carboxylic acids is 3. The Bertz CT molecular complexity index is 3030. The lowest BCUT2D eigenvalue weighted by molar-refractivity contribution is -0.132. The van der Waals surface area contributed by atoms with Crippen LogP contribution in [-0.2, 0) is 32.2 Å². The van der Waals surface area contributed by atoms with Gasteiger partial charge in [0.05, 0.1) is 24.6 Å². The Morgan fingerprint density at radius 2 is 1.66 bits per heavy atom. The number of amides is 3. The number of nitrogens with zero attached hydrogens (tertiary/aromatic N) is 8. The third kappa shape index (κ3) is 12.6. The highest BCUT2D eigenvalue weighted by Gasteiger charge is 2.30. The summed E-state index contributed by atoms with van der Waals surface area (Å²) in [6.07, 6.45) is 2.45. The molecule has 1 saturated heterocycles. The smallest absolute Gasteiger partial charge is 0.408 e. The number of fused-ring (bicyclic) bond motifs is 2. The van der Waals surface area contributed by atoms with E-state index in [1.54, 1.807) is 27.9 Å². The maximum absolute atomic E-state index is 13.7. The molecule has 71 heavy (non-hydrogen) atoms. The minimum absolute atomic E-state index is 0.0245. The second-order valence-corrected chi connectivity index (χ2v) is 19.0. The van der Waals surface area contributed by atoms with Crippen molar-refractivity contribution in [2.75, 3.05) is 56.4 Å². The van der Waals surface area contributed by atoms with Gasteiger partial charge in [0.1, 0.15) is 53.1 Å². The second-order valence-electron chi connectivity index (χ2n) is 17.8. The standard InChI is InChI=1S/C49H57N13O8S/c1-49(2,3)70-48(66)55-36(45(64)52-25-30-12-14-31(15-13-30)26-61-44-40(56-47(61)65)42(51)57-46(58-44)68-23-22-67-4)28-71-24-20-37(63)60-21-8-9-33(27-60)62-43-38(41(50)53-29-54-43)39(59-62)32-16-18-35(19-17-32)69-34-10-6-5-7-11-34/h5-7,10-19,29,33,36H,8-9,20-28H2,1-4H3,(H,52,64)(H,55,66)(H,56,65)(H2,50,53,54)(H2,51,57,58). The molecule has 0 bridgehead atoms. The number of nitrogens with one attached hydrogen (secondary N) is 3. The van der Waals surface area contributed by atoms with Gasteiger partial charge in [0.25, 0.3) is 0 Å². The fourth-order valence-electron chi connectivity index (χ4n) is 8.01. The van der Waals surface area contributed by atoms with Gasteiger partial charge >= 0.3 is 17.8 Å². The molecule has 0 radical (unpaired) electrons. The maximum Gasteiger partial charge on any atom is 0.408 e. The van der Waals surface area contributed by atoms with Crippen LogP contribution in [-0.4, -0.2) is 119 Å². The zero-order valence-electron chi connectivity index (χ0n) is 39.9. The molecule has 1 aliphatic rings. The van der Waals surface area contributed by atoms with Gasteiger partial charge in [0.15, 0.2) is 17.1 Å². The van der Waals surface area contributed by atoms with E-state index in [2.05, 4.69) is 35.6 Å². The summed E-state index contributed by atoms with van der Waals surface area (Å²) in [5.74, 6) is 1.94. The molecule has 7 N–H and O–H groups in total. The molecule has 22 heteroatoms. The first-order valence-corrected chi connectivity index (χ1v) is 24.3. The number of alkyl carbamates (subject to hydrolysis) is 1. The minimum atomic E-state index is -0.959. The lowest BCUT2D eigenvalue weighted by atomic mass is 10.1. The van der Waals surface area contributed by atoms with Crippen molar-refractivity contribution >= 4 is 63.5 Å². The summed E-state index contributed by atoms with van der Waals surface area (Å²) < 4.78 is 25.3. The Balaban J connectivity index is 0.863. The number of aromatic amines is 1. The minimum Gasteiger partial charge on any atom is -0.461 e. The highest BCUT2D eigenvalue weighted by atomic mass is 32.2. The van der Waals surface area contributed by atoms with Gasteiger partial charge in [-0.15, -0.1) is 0 Å². The average Bonchev–Trinajstić information content (AvgIpc) is 3.90. The van der Waals surface area contributed by atoms with Crippen molar-refractivity contribution in [2.45, 2.75) is 70.8 Å². The van der Waals surface area contributed by atoms with Crippen LogP contribution in [0.5, 0.6) is 17.5 Å². The van der Waals surface area contributed by atoms with Gasteiger partial charge in [-0.25, -0.2) is 24.2 Å². The van der Waals surface area contributed by atoms with Crippen LogP contribution in [0.3, 0.4) is 0 Å². The first-order valence-electron chi connectivity index (χ1n) is 23.1. The summed E-state index contributed by atoms with van der Waals surface area (Å²) in [5, 5.41) is 11.3. The number of anilines is 2. The van der Waals surface area contributed by atoms with Crippen LogP contribution in [0.4, 0.5) is 16.4 Å². The second kappa shape index (κ2) is 22.4. The van der Waals surface area contributed by atoms with Crippen LogP contribution in [0.15, 0.2) is 90.0 Å². The summed E-state index contributed by atoms with van der Waals surface area (Å²) in [6.45, 7) is 7.11. The first-order chi connectivity index (χ1) is 34.2. The topological polar surface area (TPSA) is 275 Å². The van der Waals surface area contributed by atoms with Crippen LogP contribution in [0.25, 0.3) is 33.5 Å². The molecular weight excluding hydrogens is 931 g/mol. The number of carbonyl (C=O) groups is 3. The first kappa shape index (κ1) is 49.7. The van der Waals surface area contributed by atoms with Crippen LogP contribution in [0, 0.1) is 0 Å². The zero-order valence-corrected chi connectivity index (χ0v) is 40.7. The Morgan fingerprint density at radius 1 is 0.915 bits per heavy atom. The zero-order chi connectivity index (χ0) is 50.1. The number of nitrogen functional groups attached to an aromatic ring is 2. The largest absolute Gasteiger partial charge is 0.461 e. The molecule has 0 spiro atoms. The molecule has 7 aromatic rings. The third-order valence-corrected chi connectivity index (χ3v) is 12.5. The summed E-state index contributed by atoms with van der Waals surface area (Å²) >= 11 is 1.38. The number of thioether (sulfide) groups is 1. The van der Waals surface area contributed by atoms with Crippen LogP contribution >= 0.6 is 11.8 Å². The lowest BCUT2D eigenvalue weighted by Gasteiger charge is -2.33. The van der Waals surface area contributed by atoms with E-state index < -0.39 is 29.3 Å². The van der Waals surface area contributed by atoms with Gasteiger partial charge in [-0.3, -0.25) is 14.2 Å². The number of imidazole rings is 1. The summed E-state index contributed by atoms with van der Waals surface area (Å²) in [5.41, 5.74) is 15.5. The van der Waals surface area contributed by atoms with E-state index in [1.165, 1.54) is 22.7 Å². The van der Waals surface area contributed by atoms with E-state index >= 15 is 0 Å². The molecule has 2 unspecified atom stereocenters. The predicted molar refractivity (Wildman–Crippen MR) is 269 cm³/mol. The molecule has 0 aliphatic carbocycles. The molecule has 4 aromatic heterocycles. The van der Waals surface area contributed by atoms with Crippen LogP contribution in [0.1, 0.15) is 57.2 Å². The molecule has 5 heterocycles. The number of para-hydroxylation sites is 1. The van der Waals surface area contributed by atoms with Crippen LogP contribution in [0.2, 0.25) is 0 Å². The van der Waals surface area contributed by atoms with E-state index in [-0.39, 0.29) is 55.6 Å². The number of likely N-dealkylation sites (tertiary alicyclic amines) is 1. The number of methoxy groups -OCH3 is 1. The number of hydrogen-bond acceptors (Lipinski definition) is 16. The Morgan fingerprint density at radius 3 is 2.41 bits per heavy atom. The number of benzene rings is 3. The molecule has 2 atom stereocenters. The fraction of sp³-hybridized carbons (Fsp3) is 0.367. The van der Waals surface area contributed by atoms with Crippen LogP contribution < -0.4 is 37.3 Å². The molecule has 8 rings (SSSR count). The Hall–Kier alpha value is -7.72. The molecule has 1 fully saturated rings.